The highest BCUT2D eigenvalue weighted by Crippen LogP contribution is 2.35. The van der Waals surface area contributed by atoms with Crippen LogP contribution in [0, 0.1) is 122 Å². The van der Waals surface area contributed by atoms with Crippen LogP contribution in [-0.2, 0) is 12.4 Å². The van der Waals surface area contributed by atoms with Gasteiger partial charge in [-0.05, 0) is 12.1 Å². The normalized spacial score (nSPS) is 12.3. The van der Waals surface area contributed by atoms with Crippen LogP contribution in [-0.4, -0.2) is 6.15 Å². The van der Waals surface area contributed by atoms with E-state index < -0.39 is 188 Å². The van der Waals surface area contributed by atoms with E-state index in [9.17, 15) is 79.0 Å². The zero-order valence-electron chi connectivity index (χ0n) is 28.9. The van der Waals surface area contributed by atoms with Gasteiger partial charge in [-0.1, -0.05) is 22.7 Å². The van der Waals surface area contributed by atoms with Crippen molar-refractivity contribution in [3.05, 3.63) is 156 Å². The maximum atomic E-state index is 15.4. The minimum atomic E-state index is -7.22. The molecule has 0 saturated heterocycles. The number of hydrogen-bond donors (Lipinski definition) is 0. The third-order valence-corrected chi connectivity index (χ3v) is 14.6. The first-order valence-corrected chi connectivity index (χ1v) is 19.4. The fourth-order valence-electron chi connectivity index (χ4n) is 6.00. The summed E-state index contributed by atoms with van der Waals surface area (Å²) in [6.07, 6.45) is -16.0. The first-order chi connectivity index (χ1) is 29.4. The number of alkyl halides is 6. The van der Waals surface area contributed by atoms with Crippen LogP contribution in [0.15, 0.2) is 24.3 Å². The first-order valence-electron chi connectivity index (χ1n) is 15.6. The molecular weight excluding hydrogens is 1100 g/mol. The van der Waals surface area contributed by atoms with Crippen LogP contribution in [0.2, 0.25) is 0 Å². The Morgan fingerprint density at radius 3 is 0.609 bits per heavy atom. The van der Waals surface area contributed by atoms with E-state index >= 15 is 35.1 Å². The Hall–Kier alpha value is -4.75. The third-order valence-electron chi connectivity index (χ3n) is 8.60. The quantitative estimate of drug-likeness (QED) is 0.0526. The fourth-order valence-corrected chi connectivity index (χ4v) is 12.0. The number of benzene rings is 4. The molecule has 0 spiro atoms. The molecule has 2 heterocycles. The third kappa shape index (κ3) is 8.13. The fraction of sp³-hybridized carbons (Fsp3) is 0.0588. The van der Waals surface area contributed by atoms with Crippen molar-refractivity contribution in [1.29, 1.82) is 0 Å². The van der Waals surface area contributed by atoms with Gasteiger partial charge in [0.2, 0.25) is 5.77 Å². The molecule has 2 aromatic heterocycles. The monoisotopic (exact) mass is 1110 g/mol. The zero-order valence-corrected chi connectivity index (χ0v) is 32.7. The molecular formula is C34H4BF26IS2. The summed E-state index contributed by atoms with van der Waals surface area (Å²) < 4.78 is 369. The summed E-state index contributed by atoms with van der Waals surface area (Å²) in [5, 5.41) is 0. The summed E-state index contributed by atoms with van der Waals surface area (Å²) in [6.45, 7) is 0. The molecule has 4 aromatic carbocycles. The highest BCUT2D eigenvalue weighted by molar-refractivity contribution is 7.20. The summed E-state index contributed by atoms with van der Waals surface area (Å²) in [5.74, 6) is -71.4. The second kappa shape index (κ2) is 17.6. The Bertz CT molecular complexity index is 2410. The molecule has 6 rings (SSSR count). The van der Waals surface area contributed by atoms with Gasteiger partial charge in [0, 0.05) is 12.1 Å². The van der Waals surface area contributed by atoms with Gasteiger partial charge in [0.25, 0.3) is 0 Å². The zero-order chi connectivity index (χ0) is 48.6. The van der Waals surface area contributed by atoms with Crippen LogP contribution in [0.5, 0.6) is 0 Å². The van der Waals surface area contributed by atoms with Gasteiger partial charge in [-0.15, -0.1) is 21.9 Å². The van der Waals surface area contributed by atoms with Crippen molar-refractivity contribution in [2.75, 3.05) is 0 Å². The smallest absolute Gasteiger partial charge is 0.207 e. The van der Waals surface area contributed by atoms with E-state index in [1.54, 1.807) is 0 Å². The van der Waals surface area contributed by atoms with E-state index in [0.29, 0.717) is 28.4 Å². The minimum Gasteiger partial charge on any atom is -0.207 e. The van der Waals surface area contributed by atoms with Crippen LogP contribution in [0.1, 0.15) is 9.75 Å². The molecule has 0 unspecified atom stereocenters. The van der Waals surface area contributed by atoms with Crippen molar-refractivity contribution >= 4 is 50.7 Å². The molecule has 6 aromatic rings. The van der Waals surface area contributed by atoms with Gasteiger partial charge in [-0.25, -0.2) is 87.8 Å². The van der Waals surface area contributed by atoms with Gasteiger partial charge in [-0.2, -0.15) is 26.3 Å². The molecule has 0 nitrogen and oxygen atoms in total. The molecule has 0 fully saturated rings. The second-order valence-electron chi connectivity index (χ2n) is 12.1. The standard InChI is InChI=1S/C24BF20.C10H4F6IS2/c26-5-1(6(27)14(35)21(42)13(5)34)25(2-7(28)15(36)22(43)16(37)8(2)29,3-9(30)17(38)23(44)18(39)10(3)31)4-11(32)19(40)24(45)20(41)12(4)33;11-9(12,13)5-1-3-7(18-5)17-8-4-2-6(19-8)10(14,15)16/h;1-4H/q-1;+1. The van der Waals surface area contributed by atoms with Crippen LogP contribution in [0.3, 0.4) is 0 Å². The average Bonchev–Trinajstić information content (AvgIpc) is 3.92. The van der Waals surface area contributed by atoms with Gasteiger partial charge in [0.05, 0.1) is 0 Å². The lowest BCUT2D eigenvalue weighted by molar-refractivity contribution is -0.585. The average molecular weight is 1110 g/mol. The summed E-state index contributed by atoms with van der Waals surface area (Å²) >= 11 is 0.212. The Morgan fingerprint density at radius 2 is 0.453 bits per heavy atom. The molecule has 0 aliphatic heterocycles. The lowest BCUT2D eigenvalue weighted by Gasteiger charge is -2.44. The minimum absolute atomic E-state index is 0.502. The van der Waals surface area contributed by atoms with Crippen LogP contribution >= 0.6 is 22.7 Å². The van der Waals surface area contributed by atoms with Crippen molar-refractivity contribution in [2.24, 2.45) is 0 Å². The molecule has 0 aliphatic rings. The highest BCUT2D eigenvalue weighted by Gasteiger charge is 2.52. The predicted molar refractivity (Wildman–Crippen MR) is 165 cm³/mol. The Kier molecular flexibility index (Phi) is 13.8. The Morgan fingerprint density at radius 1 is 0.281 bits per heavy atom. The van der Waals surface area contributed by atoms with Crippen molar-refractivity contribution in [3.8, 4) is 0 Å². The van der Waals surface area contributed by atoms with E-state index in [-0.39, 0.29) is 0 Å². The SMILES string of the molecule is FC(F)(F)c1ccc([I+]c2ccc(C(F)(F)F)s2)s1.Fc1c(F)c(F)c([B-](c2c(F)c(F)c(F)c(F)c2F)(c2c(F)c(F)c(F)c(F)c2F)c2c(F)c(F)c(F)c(F)c2F)c(F)c1F. The van der Waals surface area contributed by atoms with Gasteiger partial charge in [0.1, 0.15) is 62.4 Å². The largest absolute Gasteiger partial charge is 0.425 e. The predicted octanol–water partition coefficient (Wildman–Crippen LogP) is 7.82. The van der Waals surface area contributed by atoms with Gasteiger partial charge < -0.3 is 0 Å². The first kappa shape index (κ1) is 50.3. The van der Waals surface area contributed by atoms with E-state index in [4.69, 9.17) is 0 Å². The van der Waals surface area contributed by atoms with E-state index in [2.05, 4.69) is 0 Å². The second-order valence-corrected chi connectivity index (χ2v) is 18.6. The lowest BCUT2D eigenvalue weighted by Crippen LogP contribution is -3.61. The molecule has 0 bridgehead atoms. The molecule has 64 heavy (non-hydrogen) atoms. The lowest BCUT2D eigenvalue weighted by atomic mass is 9.12. The topological polar surface area (TPSA) is 0 Å². The van der Waals surface area contributed by atoms with Crippen molar-refractivity contribution in [1.82, 2.24) is 0 Å². The summed E-state index contributed by atoms with van der Waals surface area (Å²) in [6, 6.07) is 4.62. The molecule has 0 aliphatic carbocycles. The molecule has 344 valence electrons. The Balaban J connectivity index is 0.000000337. The van der Waals surface area contributed by atoms with E-state index in [0.717, 1.165) is 12.1 Å². The Labute approximate surface area is 353 Å². The highest BCUT2D eigenvalue weighted by atomic mass is 127. The van der Waals surface area contributed by atoms with Crippen molar-refractivity contribution in [2.45, 2.75) is 12.4 Å². The van der Waals surface area contributed by atoms with Gasteiger partial charge >= 0.3 is 33.6 Å². The maximum Gasteiger partial charge on any atom is 0.425 e. The number of halogens is 27. The van der Waals surface area contributed by atoms with Crippen LogP contribution in [0.25, 0.3) is 0 Å². The summed E-state index contributed by atoms with van der Waals surface area (Å²) in [5.41, 5.74) is -14.3. The summed E-state index contributed by atoms with van der Waals surface area (Å²) in [7, 11) is 0. The molecule has 0 N–H and O–H groups in total. The number of hydrogen-bond acceptors (Lipinski definition) is 2. The molecule has 0 amide bonds. The van der Waals surface area contributed by atoms with Crippen LogP contribution < -0.4 is 43.1 Å². The van der Waals surface area contributed by atoms with Crippen molar-refractivity contribution in [3.63, 3.8) is 0 Å². The maximum absolute atomic E-state index is 15.4. The summed E-state index contributed by atoms with van der Waals surface area (Å²) in [4.78, 5) is -1.43. The van der Waals surface area contributed by atoms with Gasteiger partial charge in [0.15, 0.2) is 69.8 Å². The molecule has 30 heteroatoms. The number of thiophene rings is 2. The molecule has 0 radical (unpaired) electrons. The molecule has 0 atom stereocenters. The van der Waals surface area contributed by atoms with E-state index in [1.165, 1.54) is 12.1 Å². The van der Waals surface area contributed by atoms with Crippen molar-refractivity contribution < 1.29 is 135 Å². The molecule has 0 saturated carbocycles. The number of rotatable bonds is 6. The van der Waals surface area contributed by atoms with Crippen LogP contribution in [0.4, 0.5) is 114 Å². The van der Waals surface area contributed by atoms with E-state index in [1.807, 2.05) is 0 Å². The van der Waals surface area contributed by atoms with Gasteiger partial charge in [-0.3, -0.25) is 0 Å².